The van der Waals surface area contributed by atoms with Gasteiger partial charge in [0.1, 0.15) is 0 Å². The highest BCUT2D eigenvalue weighted by Crippen LogP contribution is 1.91. The minimum Gasteiger partial charge on any atom is -0.448 e. The van der Waals surface area contributed by atoms with Crippen LogP contribution in [0.25, 0.3) is 0 Å². The van der Waals surface area contributed by atoms with E-state index in [1.165, 1.54) is 12.8 Å². The fourth-order valence-electron chi connectivity index (χ4n) is 0.435. The quantitative estimate of drug-likeness (QED) is 0.388. The Morgan fingerprint density at radius 3 is 2.38 bits per heavy atom. The Balaban J connectivity index is 0. The van der Waals surface area contributed by atoms with E-state index in [2.05, 4.69) is 11.6 Å². The Morgan fingerprint density at radius 1 is 1.38 bits per heavy atom. The average Bonchev–Trinajstić information content (AvgIpc) is 1.69. The van der Waals surface area contributed by atoms with Gasteiger partial charge in [-0.15, -0.1) is 0 Å². The fourth-order valence-corrected chi connectivity index (χ4v) is 0.435. The zero-order valence-electron chi connectivity index (χ0n) is 5.31. The van der Waals surface area contributed by atoms with Crippen LogP contribution >= 0.6 is 0 Å². The van der Waals surface area contributed by atoms with Crippen LogP contribution in [0.15, 0.2) is 0 Å². The van der Waals surface area contributed by atoms with Crippen LogP contribution in [-0.4, -0.2) is 20.1 Å². The molecule has 8 heavy (non-hydrogen) atoms. The van der Waals surface area contributed by atoms with Crippen LogP contribution in [0.3, 0.4) is 0 Å². The first-order valence-corrected chi connectivity index (χ1v) is 2.73. The van der Waals surface area contributed by atoms with Crippen LogP contribution in [0.2, 0.25) is 0 Å². The molecule has 0 saturated heterocycles. The van der Waals surface area contributed by atoms with Crippen LogP contribution < -0.4 is 0 Å². The molecular weight excluding hydrogens is 103 g/mol. The van der Waals surface area contributed by atoms with Gasteiger partial charge in [0.15, 0.2) is 0 Å². The summed E-state index contributed by atoms with van der Waals surface area (Å²) >= 11 is 0. The maximum Gasteiger partial charge on any atom is 0.282 e. The van der Waals surface area contributed by atoms with E-state index < -0.39 is 0 Å². The highest BCUT2D eigenvalue weighted by molar-refractivity contribution is 5.97. The molecule has 0 amide bonds. The summed E-state index contributed by atoms with van der Waals surface area (Å²) in [5.74, 6) is 0. The molecule has 48 valence electrons. The lowest BCUT2D eigenvalue weighted by Gasteiger charge is -1.93. The smallest absolute Gasteiger partial charge is 0.282 e. The summed E-state index contributed by atoms with van der Waals surface area (Å²) < 4.78 is 4.34. The first-order chi connectivity index (χ1) is 3.41. The third kappa shape index (κ3) is 9.37. The van der Waals surface area contributed by atoms with Gasteiger partial charge in [0.05, 0.1) is 0 Å². The number of hydrogen-bond acceptors (Lipinski definition) is 1. The molecule has 0 aromatic rings. The molecule has 0 aliphatic heterocycles. The largest absolute Gasteiger partial charge is 0.448 e. The standard InChI is InChI=1S/C5H11BO.H2O/c1-2-3-4-5-7-6;/h2-5H2,1H3;1H2. The van der Waals surface area contributed by atoms with Crippen LogP contribution in [-0.2, 0) is 4.65 Å². The van der Waals surface area contributed by atoms with Crippen molar-refractivity contribution in [3.63, 3.8) is 0 Å². The lowest BCUT2D eigenvalue weighted by atomic mass is 10.3. The molecule has 0 bridgehead atoms. The SMILES string of the molecule is O.[B]OCCCCC. The predicted molar refractivity (Wildman–Crippen MR) is 34.8 cm³/mol. The van der Waals surface area contributed by atoms with Gasteiger partial charge in [0.2, 0.25) is 0 Å². The second-order valence-electron chi connectivity index (χ2n) is 1.58. The second-order valence-corrected chi connectivity index (χ2v) is 1.58. The monoisotopic (exact) mass is 116 g/mol. The summed E-state index contributed by atoms with van der Waals surface area (Å²) in [5.41, 5.74) is 0. The summed E-state index contributed by atoms with van der Waals surface area (Å²) in [4.78, 5) is 0. The van der Waals surface area contributed by atoms with Gasteiger partial charge in [0.25, 0.3) is 8.05 Å². The van der Waals surface area contributed by atoms with E-state index in [4.69, 9.17) is 8.05 Å². The van der Waals surface area contributed by atoms with Gasteiger partial charge in [-0.25, -0.2) is 0 Å². The summed E-state index contributed by atoms with van der Waals surface area (Å²) in [7, 11) is 4.77. The summed E-state index contributed by atoms with van der Waals surface area (Å²) in [5, 5.41) is 0. The second kappa shape index (κ2) is 10.1. The first-order valence-electron chi connectivity index (χ1n) is 2.73. The van der Waals surface area contributed by atoms with Gasteiger partial charge >= 0.3 is 0 Å². The number of hydrogen-bond donors (Lipinski definition) is 0. The van der Waals surface area contributed by atoms with Crippen molar-refractivity contribution in [3.8, 4) is 0 Å². The van der Waals surface area contributed by atoms with Crippen molar-refractivity contribution in [1.82, 2.24) is 0 Å². The molecule has 0 fully saturated rings. The van der Waals surface area contributed by atoms with Gasteiger partial charge in [-0.2, -0.15) is 0 Å². The molecule has 2 radical (unpaired) electrons. The maximum absolute atomic E-state index is 4.77. The van der Waals surface area contributed by atoms with E-state index in [9.17, 15) is 0 Å². The van der Waals surface area contributed by atoms with Crippen molar-refractivity contribution in [2.24, 2.45) is 0 Å². The molecule has 0 rings (SSSR count). The van der Waals surface area contributed by atoms with E-state index in [1.54, 1.807) is 0 Å². The van der Waals surface area contributed by atoms with Crippen molar-refractivity contribution < 1.29 is 10.1 Å². The molecule has 0 saturated carbocycles. The van der Waals surface area contributed by atoms with Gasteiger partial charge in [-0.3, -0.25) is 0 Å². The summed E-state index contributed by atoms with van der Waals surface area (Å²) in [6.45, 7) is 2.85. The predicted octanol–water partition coefficient (Wildman–Crippen LogP) is 0.452. The highest BCUT2D eigenvalue weighted by Gasteiger charge is 1.79. The molecule has 0 spiro atoms. The number of unbranched alkanes of at least 4 members (excludes halogenated alkanes) is 2. The zero-order valence-corrected chi connectivity index (χ0v) is 5.31. The molecule has 0 aliphatic carbocycles. The topological polar surface area (TPSA) is 40.7 Å². The molecule has 2 N–H and O–H groups in total. The molecule has 0 atom stereocenters. The first kappa shape index (κ1) is 10.9. The van der Waals surface area contributed by atoms with Crippen LogP contribution in [0.4, 0.5) is 0 Å². The molecular formula is C5H13BO2. The normalized spacial score (nSPS) is 8.12. The minimum absolute atomic E-state index is 0. The van der Waals surface area contributed by atoms with Crippen molar-refractivity contribution in [2.45, 2.75) is 26.2 Å². The van der Waals surface area contributed by atoms with Crippen LogP contribution in [0.1, 0.15) is 26.2 Å². The summed E-state index contributed by atoms with van der Waals surface area (Å²) in [6.07, 6.45) is 3.54. The molecule has 0 aromatic carbocycles. The van der Waals surface area contributed by atoms with Gasteiger partial charge in [0, 0.05) is 6.61 Å². The third-order valence-electron chi connectivity index (χ3n) is 0.866. The van der Waals surface area contributed by atoms with E-state index in [0.717, 1.165) is 6.42 Å². The number of rotatable bonds is 4. The highest BCUT2D eigenvalue weighted by atomic mass is 16.4. The van der Waals surface area contributed by atoms with E-state index in [1.807, 2.05) is 0 Å². The lowest BCUT2D eigenvalue weighted by molar-refractivity contribution is 0.335. The lowest BCUT2D eigenvalue weighted by Crippen LogP contribution is -1.87. The van der Waals surface area contributed by atoms with Crippen molar-refractivity contribution >= 4 is 8.05 Å². The van der Waals surface area contributed by atoms with Crippen LogP contribution in [0.5, 0.6) is 0 Å². The third-order valence-corrected chi connectivity index (χ3v) is 0.866. The summed E-state index contributed by atoms with van der Waals surface area (Å²) in [6, 6.07) is 0. The molecule has 0 heterocycles. The van der Waals surface area contributed by atoms with Gasteiger partial charge < -0.3 is 10.1 Å². The Kier molecular flexibility index (Phi) is 13.7. The molecule has 0 aromatic heterocycles. The molecule has 2 nitrogen and oxygen atoms in total. The van der Waals surface area contributed by atoms with E-state index in [0.29, 0.717) is 6.61 Å². The molecule has 0 unspecified atom stereocenters. The fraction of sp³-hybridized carbons (Fsp3) is 1.00. The average molecular weight is 116 g/mol. The van der Waals surface area contributed by atoms with Gasteiger partial charge in [-0.05, 0) is 6.42 Å². The Hall–Kier alpha value is -0.0151. The minimum atomic E-state index is 0. The maximum atomic E-state index is 4.77. The van der Waals surface area contributed by atoms with Crippen molar-refractivity contribution in [2.75, 3.05) is 6.61 Å². The Labute approximate surface area is 52.0 Å². The molecule has 3 heteroatoms. The van der Waals surface area contributed by atoms with Gasteiger partial charge in [-0.1, -0.05) is 19.8 Å². The van der Waals surface area contributed by atoms with E-state index in [-0.39, 0.29) is 5.48 Å². The van der Waals surface area contributed by atoms with Crippen molar-refractivity contribution in [3.05, 3.63) is 0 Å². The zero-order chi connectivity index (χ0) is 5.54. The molecule has 0 aliphatic rings. The Bertz CT molecular complexity index is 29.6. The van der Waals surface area contributed by atoms with E-state index >= 15 is 0 Å². The van der Waals surface area contributed by atoms with Crippen LogP contribution in [0, 0.1) is 0 Å². The van der Waals surface area contributed by atoms with Crippen molar-refractivity contribution in [1.29, 1.82) is 0 Å². The Morgan fingerprint density at radius 2 is 2.00 bits per heavy atom.